The molecule has 0 bridgehead atoms. The van der Waals surface area contributed by atoms with Crippen LogP contribution in [0.3, 0.4) is 0 Å². The molecule has 136 valence electrons. The van der Waals surface area contributed by atoms with E-state index in [0.29, 0.717) is 5.75 Å². The smallest absolute Gasteiger partial charge is 0.193 e. The number of phenols is 1. The molecule has 5 nitrogen and oxygen atoms in total. The summed E-state index contributed by atoms with van der Waals surface area (Å²) in [6, 6.07) is 7.55. The standard InChI is InChI=1S/C17H28N4OS.HI/c1-18-17(19-9-5-6-14-23-2)21-12-10-20(11-13-21)15-7-3-4-8-16(15)22;/h3-4,7-8,22H,5-6,9-14H2,1-2H3,(H,18,19);1H. The minimum Gasteiger partial charge on any atom is -0.506 e. The van der Waals surface area contributed by atoms with Crippen LogP contribution in [-0.4, -0.2) is 67.7 Å². The van der Waals surface area contributed by atoms with Crippen molar-refractivity contribution in [2.45, 2.75) is 12.8 Å². The van der Waals surface area contributed by atoms with Gasteiger partial charge in [0.15, 0.2) is 5.96 Å². The summed E-state index contributed by atoms with van der Waals surface area (Å²) >= 11 is 1.90. The van der Waals surface area contributed by atoms with E-state index in [0.717, 1.165) is 44.4 Å². The van der Waals surface area contributed by atoms with E-state index in [2.05, 4.69) is 26.4 Å². The van der Waals surface area contributed by atoms with E-state index in [1.54, 1.807) is 6.07 Å². The van der Waals surface area contributed by atoms with Gasteiger partial charge in [0.25, 0.3) is 0 Å². The lowest BCUT2D eigenvalue weighted by atomic mass is 10.2. The molecule has 0 atom stereocenters. The van der Waals surface area contributed by atoms with Gasteiger partial charge in [-0.25, -0.2) is 0 Å². The van der Waals surface area contributed by atoms with Gasteiger partial charge in [0.05, 0.1) is 5.69 Å². The Kier molecular flexibility index (Phi) is 10.3. The number of para-hydroxylation sites is 2. The Balaban J connectivity index is 0.00000288. The topological polar surface area (TPSA) is 51.1 Å². The summed E-state index contributed by atoms with van der Waals surface area (Å²) in [4.78, 5) is 8.93. The van der Waals surface area contributed by atoms with Crippen molar-refractivity contribution in [1.29, 1.82) is 0 Å². The molecule has 0 saturated carbocycles. The lowest BCUT2D eigenvalue weighted by molar-refractivity contribution is 0.369. The quantitative estimate of drug-likeness (QED) is 0.294. The Bertz CT molecular complexity index is 507. The number of anilines is 1. The first-order chi connectivity index (χ1) is 11.3. The van der Waals surface area contributed by atoms with Crippen LogP contribution in [0.4, 0.5) is 5.69 Å². The van der Waals surface area contributed by atoms with Crippen molar-refractivity contribution < 1.29 is 5.11 Å². The molecule has 0 radical (unpaired) electrons. The molecule has 1 aromatic rings. The predicted octanol–water partition coefficient (Wildman–Crippen LogP) is 2.85. The molecule has 1 fully saturated rings. The number of halogens is 1. The fraction of sp³-hybridized carbons (Fsp3) is 0.588. The molecule has 0 spiro atoms. The number of benzene rings is 1. The SMILES string of the molecule is CN=C(NCCCCSC)N1CCN(c2ccccc2O)CC1.I. The van der Waals surface area contributed by atoms with Gasteiger partial charge >= 0.3 is 0 Å². The Morgan fingerprint density at radius 2 is 1.92 bits per heavy atom. The third-order valence-electron chi connectivity index (χ3n) is 4.07. The molecule has 2 rings (SSSR count). The number of hydrogen-bond donors (Lipinski definition) is 2. The van der Waals surface area contributed by atoms with Crippen molar-refractivity contribution in [3.8, 4) is 5.75 Å². The van der Waals surface area contributed by atoms with Crippen LogP contribution >= 0.6 is 35.7 Å². The summed E-state index contributed by atoms with van der Waals surface area (Å²) < 4.78 is 0. The Morgan fingerprint density at radius 1 is 1.21 bits per heavy atom. The summed E-state index contributed by atoms with van der Waals surface area (Å²) in [6.07, 6.45) is 4.57. The van der Waals surface area contributed by atoms with Crippen LogP contribution in [0.5, 0.6) is 5.75 Å². The number of nitrogens with one attached hydrogen (secondary N) is 1. The number of thioether (sulfide) groups is 1. The van der Waals surface area contributed by atoms with Crippen LogP contribution in [0.15, 0.2) is 29.3 Å². The summed E-state index contributed by atoms with van der Waals surface area (Å²) in [7, 11) is 1.85. The average Bonchev–Trinajstić information content (AvgIpc) is 2.59. The minimum absolute atomic E-state index is 0. The molecule has 0 amide bonds. The van der Waals surface area contributed by atoms with Crippen LogP contribution < -0.4 is 10.2 Å². The van der Waals surface area contributed by atoms with E-state index in [1.165, 1.54) is 18.6 Å². The molecule has 1 aliphatic heterocycles. The highest BCUT2D eigenvalue weighted by Crippen LogP contribution is 2.27. The maximum Gasteiger partial charge on any atom is 0.193 e. The molecule has 1 aromatic carbocycles. The molecule has 7 heteroatoms. The maximum absolute atomic E-state index is 9.98. The fourth-order valence-corrected chi connectivity index (χ4v) is 3.29. The molecule has 1 saturated heterocycles. The molecule has 0 aromatic heterocycles. The van der Waals surface area contributed by atoms with Gasteiger partial charge in [-0.15, -0.1) is 24.0 Å². The highest BCUT2D eigenvalue weighted by atomic mass is 127. The van der Waals surface area contributed by atoms with E-state index in [-0.39, 0.29) is 24.0 Å². The molecule has 0 unspecified atom stereocenters. The van der Waals surface area contributed by atoms with Crippen molar-refractivity contribution in [2.24, 2.45) is 4.99 Å². The van der Waals surface area contributed by atoms with Gasteiger partial charge in [0.1, 0.15) is 5.75 Å². The number of aromatic hydroxyl groups is 1. The molecule has 1 aliphatic rings. The molecule has 24 heavy (non-hydrogen) atoms. The van der Waals surface area contributed by atoms with Gasteiger partial charge in [-0.1, -0.05) is 12.1 Å². The molecule has 0 aliphatic carbocycles. The Morgan fingerprint density at radius 3 is 2.54 bits per heavy atom. The van der Waals surface area contributed by atoms with Crippen LogP contribution in [-0.2, 0) is 0 Å². The van der Waals surface area contributed by atoms with E-state index in [9.17, 15) is 5.11 Å². The van der Waals surface area contributed by atoms with E-state index < -0.39 is 0 Å². The first-order valence-corrected chi connectivity index (χ1v) is 9.63. The summed E-state index contributed by atoms with van der Waals surface area (Å²) in [5.41, 5.74) is 0.923. The number of rotatable bonds is 6. The highest BCUT2D eigenvalue weighted by molar-refractivity contribution is 14.0. The van der Waals surface area contributed by atoms with Crippen LogP contribution in [0.25, 0.3) is 0 Å². The maximum atomic E-state index is 9.98. The first-order valence-electron chi connectivity index (χ1n) is 8.23. The number of unbranched alkanes of at least 4 members (excludes halogenated alkanes) is 1. The van der Waals surface area contributed by atoms with Gasteiger partial charge in [0.2, 0.25) is 0 Å². The second-order valence-electron chi connectivity index (χ2n) is 5.64. The van der Waals surface area contributed by atoms with Crippen LogP contribution in [0.1, 0.15) is 12.8 Å². The second kappa shape index (κ2) is 11.7. The fourth-order valence-electron chi connectivity index (χ4n) is 2.79. The van der Waals surface area contributed by atoms with Crippen LogP contribution in [0, 0.1) is 0 Å². The summed E-state index contributed by atoms with van der Waals surface area (Å²) in [6.45, 7) is 4.60. The number of phenolic OH excluding ortho intramolecular Hbond substituents is 1. The second-order valence-corrected chi connectivity index (χ2v) is 6.62. The zero-order valence-corrected chi connectivity index (χ0v) is 17.7. The lowest BCUT2D eigenvalue weighted by Crippen LogP contribution is -2.52. The number of piperazine rings is 1. The van der Waals surface area contributed by atoms with Crippen molar-refractivity contribution in [1.82, 2.24) is 10.2 Å². The number of nitrogens with zero attached hydrogens (tertiary/aromatic N) is 3. The van der Waals surface area contributed by atoms with Crippen molar-refractivity contribution >= 4 is 47.4 Å². The van der Waals surface area contributed by atoms with Gasteiger partial charge in [-0.2, -0.15) is 11.8 Å². The van der Waals surface area contributed by atoms with E-state index in [1.807, 2.05) is 37.0 Å². The first kappa shape index (κ1) is 21.2. The van der Waals surface area contributed by atoms with Crippen LogP contribution in [0.2, 0.25) is 0 Å². The molecule has 1 heterocycles. The van der Waals surface area contributed by atoms with Crippen molar-refractivity contribution in [2.75, 3.05) is 56.7 Å². The van der Waals surface area contributed by atoms with Crippen molar-refractivity contribution in [3.63, 3.8) is 0 Å². The van der Waals surface area contributed by atoms with Crippen molar-refractivity contribution in [3.05, 3.63) is 24.3 Å². The zero-order valence-electron chi connectivity index (χ0n) is 14.6. The van der Waals surface area contributed by atoms with E-state index in [4.69, 9.17) is 0 Å². The van der Waals surface area contributed by atoms with Gasteiger partial charge in [-0.3, -0.25) is 4.99 Å². The molecular weight excluding hydrogens is 435 g/mol. The van der Waals surface area contributed by atoms with Gasteiger partial charge < -0.3 is 20.2 Å². The van der Waals surface area contributed by atoms with E-state index >= 15 is 0 Å². The summed E-state index contributed by atoms with van der Waals surface area (Å²) in [5.74, 6) is 2.57. The number of aliphatic imine (C=N–C) groups is 1. The minimum atomic E-state index is 0. The predicted molar refractivity (Wildman–Crippen MR) is 116 cm³/mol. The molecule has 2 N–H and O–H groups in total. The lowest BCUT2D eigenvalue weighted by Gasteiger charge is -2.37. The third-order valence-corrected chi connectivity index (χ3v) is 4.77. The number of guanidine groups is 1. The largest absolute Gasteiger partial charge is 0.506 e. The third kappa shape index (κ3) is 6.23. The number of hydrogen-bond acceptors (Lipinski definition) is 4. The zero-order chi connectivity index (χ0) is 16.5. The normalized spacial score (nSPS) is 15.2. The Hall–Kier alpha value is -0.830. The molecular formula is C17H29IN4OS. The Labute approximate surface area is 166 Å². The van der Waals surface area contributed by atoms with Gasteiger partial charge in [0, 0.05) is 39.8 Å². The average molecular weight is 464 g/mol. The monoisotopic (exact) mass is 464 g/mol. The highest BCUT2D eigenvalue weighted by Gasteiger charge is 2.20. The summed E-state index contributed by atoms with van der Waals surface area (Å²) in [5, 5.41) is 13.4. The van der Waals surface area contributed by atoms with Gasteiger partial charge in [-0.05, 0) is 37.0 Å².